The van der Waals surface area contributed by atoms with E-state index in [0.717, 1.165) is 19.7 Å². The van der Waals surface area contributed by atoms with E-state index in [9.17, 15) is 0 Å². The number of nitrogens with zero attached hydrogens (tertiary/aromatic N) is 3. The molecule has 1 atom stereocenters. The number of ether oxygens (including phenoxy) is 1. The topological polar surface area (TPSA) is 52.0 Å². The summed E-state index contributed by atoms with van der Waals surface area (Å²) in [6.07, 6.45) is 3.27. The van der Waals surface area contributed by atoms with Gasteiger partial charge in [-0.25, -0.2) is 9.67 Å². The molecule has 1 heterocycles. The zero-order valence-electron chi connectivity index (χ0n) is 8.10. The molecule has 0 aliphatic carbocycles. The minimum atomic E-state index is 0.333. The molecular weight excluding hydrogens is 168 g/mol. The van der Waals surface area contributed by atoms with Crippen molar-refractivity contribution in [2.45, 2.75) is 13.0 Å². The van der Waals surface area contributed by atoms with Crippen molar-refractivity contribution >= 4 is 0 Å². The van der Waals surface area contributed by atoms with Gasteiger partial charge in [0.05, 0.1) is 12.6 Å². The lowest BCUT2D eigenvalue weighted by Crippen LogP contribution is -2.26. The Hall–Kier alpha value is -0.940. The Bertz CT molecular complexity index is 212. The Morgan fingerprint density at radius 2 is 2.46 bits per heavy atom. The summed E-state index contributed by atoms with van der Waals surface area (Å²) in [4.78, 5) is 3.89. The highest BCUT2D eigenvalue weighted by Gasteiger charge is 2.02. The quantitative estimate of drug-likeness (QED) is 0.636. The third-order valence-corrected chi connectivity index (χ3v) is 1.81. The molecule has 0 bridgehead atoms. The summed E-state index contributed by atoms with van der Waals surface area (Å²) in [6, 6.07) is 0.333. The standard InChI is InChI=1S/C8H16N4O/c1-8(5-9-3-4-13-2)12-7-10-6-11-12/h6-9H,3-5H2,1-2H3. The van der Waals surface area contributed by atoms with Crippen LogP contribution >= 0.6 is 0 Å². The Balaban J connectivity index is 2.15. The molecule has 0 saturated heterocycles. The highest BCUT2D eigenvalue weighted by Crippen LogP contribution is 1.98. The average molecular weight is 184 g/mol. The molecule has 13 heavy (non-hydrogen) atoms. The number of aromatic nitrogens is 3. The third kappa shape index (κ3) is 3.52. The van der Waals surface area contributed by atoms with E-state index in [1.165, 1.54) is 0 Å². The number of nitrogens with one attached hydrogen (secondary N) is 1. The van der Waals surface area contributed by atoms with Gasteiger partial charge in [-0.3, -0.25) is 0 Å². The molecule has 1 aromatic heterocycles. The summed E-state index contributed by atoms with van der Waals surface area (Å²) in [7, 11) is 1.70. The van der Waals surface area contributed by atoms with Gasteiger partial charge in [-0.15, -0.1) is 0 Å². The molecule has 0 fully saturated rings. The Labute approximate surface area is 78.1 Å². The number of hydrogen-bond acceptors (Lipinski definition) is 4. The zero-order chi connectivity index (χ0) is 9.52. The van der Waals surface area contributed by atoms with Crippen molar-refractivity contribution in [3.63, 3.8) is 0 Å². The highest BCUT2D eigenvalue weighted by molar-refractivity contribution is 4.66. The van der Waals surface area contributed by atoms with Gasteiger partial charge in [-0.2, -0.15) is 5.10 Å². The van der Waals surface area contributed by atoms with E-state index in [1.807, 2.05) is 4.68 Å². The monoisotopic (exact) mass is 184 g/mol. The van der Waals surface area contributed by atoms with E-state index >= 15 is 0 Å². The first-order valence-corrected chi connectivity index (χ1v) is 4.38. The summed E-state index contributed by atoms with van der Waals surface area (Å²) in [6.45, 7) is 4.58. The Kier molecular flexibility index (Phi) is 4.42. The molecule has 5 heteroatoms. The van der Waals surface area contributed by atoms with Gasteiger partial charge in [0, 0.05) is 20.2 Å². The maximum absolute atomic E-state index is 4.92. The van der Waals surface area contributed by atoms with Crippen LogP contribution in [0.3, 0.4) is 0 Å². The second kappa shape index (κ2) is 5.66. The van der Waals surface area contributed by atoms with Crippen molar-refractivity contribution in [1.82, 2.24) is 20.1 Å². The Morgan fingerprint density at radius 1 is 1.62 bits per heavy atom. The molecule has 1 rings (SSSR count). The number of rotatable bonds is 6. The molecule has 1 unspecified atom stereocenters. The smallest absolute Gasteiger partial charge is 0.137 e. The van der Waals surface area contributed by atoms with E-state index < -0.39 is 0 Å². The van der Waals surface area contributed by atoms with Crippen LogP contribution in [0.1, 0.15) is 13.0 Å². The molecule has 0 aromatic carbocycles. The summed E-state index contributed by atoms with van der Waals surface area (Å²) in [5.74, 6) is 0. The van der Waals surface area contributed by atoms with E-state index in [1.54, 1.807) is 19.8 Å². The molecule has 0 amide bonds. The van der Waals surface area contributed by atoms with Crippen LogP contribution in [0.5, 0.6) is 0 Å². The van der Waals surface area contributed by atoms with Gasteiger partial charge in [-0.1, -0.05) is 0 Å². The second-order valence-corrected chi connectivity index (χ2v) is 2.92. The van der Waals surface area contributed by atoms with Crippen LogP contribution in [-0.2, 0) is 4.74 Å². The molecular formula is C8H16N4O. The van der Waals surface area contributed by atoms with Crippen LogP contribution in [0.2, 0.25) is 0 Å². The lowest BCUT2D eigenvalue weighted by molar-refractivity contribution is 0.198. The van der Waals surface area contributed by atoms with Crippen LogP contribution in [0.4, 0.5) is 0 Å². The maximum Gasteiger partial charge on any atom is 0.137 e. The molecule has 74 valence electrons. The first-order chi connectivity index (χ1) is 6.34. The fourth-order valence-corrected chi connectivity index (χ4v) is 1.02. The zero-order valence-corrected chi connectivity index (χ0v) is 8.10. The van der Waals surface area contributed by atoms with Crippen molar-refractivity contribution < 1.29 is 4.74 Å². The van der Waals surface area contributed by atoms with Gasteiger partial charge in [0.2, 0.25) is 0 Å². The summed E-state index contributed by atoms with van der Waals surface area (Å²) in [5.41, 5.74) is 0. The SMILES string of the molecule is COCCNCC(C)n1cncn1. The van der Waals surface area contributed by atoms with E-state index in [4.69, 9.17) is 4.74 Å². The van der Waals surface area contributed by atoms with Crippen molar-refractivity contribution in [2.24, 2.45) is 0 Å². The average Bonchev–Trinajstić information content (AvgIpc) is 2.65. The third-order valence-electron chi connectivity index (χ3n) is 1.81. The maximum atomic E-state index is 4.92. The molecule has 0 radical (unpaired) electrons. The van der Waals surface area contributed by atoms with Gasteiger partial charge in [-0.05, 0) is 6.92 Å². The largest absolute Gasteiger partial charge is 0.383 e. The highest BCUT2D eigenvalue weighted by atomic mass is 16.5. The summed E-state index contributed by atoms with van der Waals surface area (Å²) < 4.78 is 6.75. The van der Waals surface area contributed by atoms with Crippen LogP contribution in [-0.4, -0.2) is 41.6 Å². The van der Waals surface area contributed by atoms with Gasteiger partial charge >= 0.3 is 0 Å². The second-order valence-electron chi connectivity index (χ2n) is 2.92. The van der Waals surface area contributed by atoms with Crippen LogP contribution < -0.4 is 5.32 Å². The summed E-state index contributed by atoms with van der Waals surface area (Å²) >= 11 is 0. The molecule has 5 nitrogen and oxygen atoms in total. The van der Waals surface area contributed by atoms with Crippen LogP contribution in [0.25, 0.3) is 0 Å². The van der Waals surface area contributed by atoms with E-state index in [-0.39, 0.29) is 0 Å². The minimum absolute atomic E-state index is 0.333. The Morgan fingerprint density at radius 3 is 3.08 bits per heavy atom. The fourth-order valence-electron chi connectivity index (χ4n) is 1.02. The molecule has 0 spiro atoms. The summed E-state index contributed by atoms with van der Waals surface area (Å²) in [5, 5.41) is 7.31. The molecule has 0 aliphatic heterocycles. The van der Waals surface area contributed by atoms with Crippen LogP contribution in [0.15, 0.2) is 12.7 Å². The minimum Gasteiger partial charge on any atom is -0.383 e. The molecule has 0 aliphatic rings. The normalized spacial score (nSPS) is 13.1. The predicted molar refractivity (Wildman–Crippen MR) is 49.5 cm³/mol. The van der Waals surface area contributed by atoms with E-state index in [0.29, 0.717) is 6.04 Å². The number of methoxy groups -OCH3 is 1. The van der Waals surface area contributed by atoms with Gasteiger partial charge in [0.15, 0.2) is 0 Å². The first kappa shape index (κ1) is 10.1. The van der Waals surface area contributed by atoms with Gasteiger partial charge < -0.3 is 10.1 Å². The number of hydrogen-bond donors (Lipinski definition) is 1. The van der Waals surface area contributed by atoms with Crippen molar-refractivity contribution in [3.8, 4) is 0 Å². The lowest BCUT2D eigenvalue weighted by atomic mass is 10.3. The first-order valence-electron chi connectivity index (χ1n) is 4.38. The van der Waals surface area contributed by atoms with Crippen molar-refractivity contribution in [3.05, 3.63) is 12.7 Å². The van der Waals surface area contributed by atoms with Gasteiger partial charge in [0.25, 0.3) is 0 Å². The molecule has 1 aromatic rings. The van der Waals surface area contributed by atoms with Gasteiger partial charge in [0.1, 0.15) is 12.7 Å². The predicted octanol–water partition coefficient (Wildman–Crippen LogP) is 0.0751. The lowest BCUT2D eigenvalue weighted by Gasteiger charge is -2.11. The van der Waals surface area contributed by atoms with Crippen molar-refractivity contribution in [1.29, 1.82) is 0 Å². The van der Waals surface area contributed by atoms with Crippen molar-refractivity contribution in [2.75, 3.05) is 26.8 Å². The fraction of sp³-hybridized carbons (Fsp3) is 0.750. The molecule has 1 N–H and O–H groups in total. The van der Waals surface area contributed by atoms with E-state index in [2.05, 4.69) is 22.3 Å². The molecule has 0 saturated carbocycles. The van der Waals surface area contributed by atoms with Crippen LogP contribution in [0, 0.1) is 0 Å².